The summed E-state index contributed by atoms with van der Waals surface area (Å²) in [4.78, 5) is 0. The second-order valence-corrected chi connectivity index (χ2v) is 7.28. The molecule has 0 saturated heterocycles. The van der Waals surface area contributed by atoms with Crippen LogP contribution in [-0.2, 0) is 6.54 Å². The van der Waals surface area contributed by atoms with Crippen LogP contribution in [0.15, 0.2) is 18.2 Å². The molecule has 0 spiro atoms. The van der Waals surface area contributed by atoms with Gasteiger partial charge in [-0.1, -0.05) is 44.9 Å². The van der Waals surface area contributed by atoms with Gasteiger partial charge >= 0.3 is 0 Å². The van der Waals surface area contributed by atoms with E-state index in [-0.39, 0.29) is 0 Å². The lowest BCUT2D eigenvalue weighted by atomic mass is 9.78. The van der Waals surface area contributed by atoms with E-state index in [1.165, 1.54) is 55.3 Å². The fourth-order valence-electron chi connectivity index (χ4n) is 4.02. The summed E-state index contributed by atoms with van der Waals surface area (Å²) < 4.78 is 0. The Morgan fingerprint density at radius 2 is 1.70 bits per heavy atom. The topological polar surface area (TPSA) is 12.0 Å². The van der Waals surface area contributed by atoms with Crippen LogP contribution in [0.2, 0.25) is 0 Å². The molecule has 1 aliphatic rings. The molecule has 1 nitrogen and oxygen atoms in total. The number of hydrogen-bond donors (Lipinski definition) is 1. The molecule has 112 valence electrons. The fourth-order valence-corrected chi connectivity index (χ4v) is 4.02. The largest absolute Gasteiger partial charge is 0.312 e. The van der Waals surface area contributed by atoms with Crippen LogP contribution in [-0.4, -0.2) is 6.54 Å². The highest BCUT2D eigenvalue weighted by Crippen LogP contribution is 2.42. The van der Waals surface area contributed by atoms with E-state index in [1.54, 1.807) is 0 Å². The Morgan fingerprint density at radius 3 is 2.25 bits per heavy atom. The first-order valence-corrected chi connectivity index (χ1v) is 8.28. The van der Waals surface area contributed by atoms with Gasteiger partial charge in [-0.15, -0.1) is 0 Å². The molecule has 2 rings (SSSR count). The molecule has 0 unspecified atom stereocenters. The van der Waals surface area contributed by atoms with Gasteiger partial charge in [-0.2, -0.15) is 0 Å². The zero-order chi connectivity index (χ0) is 14.6. The average molecular weight is 273 g/mol. The van der Waals surface area contributed by atoms with E-state index >= 15 is 0 Å². The highest BCUT2D eigenvalue weighted by Gasteiger charge is 2.33. The SMILES string of the molecule is Cc1cccc(C)c1CNCC1(CC(C)C)CCCC1. The molecule has 0 radical (unpaired) electrons. The van der Waals surface area contributed by atoms with Gasteiger partial charge in [-0.3, -0.25) is 0 Å². The van der Waals surface area contributed by atoms with Gasteiger partial charge in [0.1, 0.15) is 0 Å². The van der Waals surface area contributed by atoms with E-state index in [1.807, 2.05) is 0 Å². The van der Waals surface area contributed by atoms with Gasteiger partial charge in [-0.05, 0) is 61.1 Å². The molecule has 0 atom stereocenters. The van der Waals surface area contributed by atoms with Gasteiger partial charge in [-0.25, -0.2) is 0 Å². The lowest BCUT2D eigenvalue weighted by molar-refractivity contribution is 0.223. The van der Waals surface area contributed by atoms with Crippen molar-refractivity contribution in [1.29, 1.82) is 0 Å². The molecule has 0 bridgehead atoms. The summed E-state index contributed by atoms with van der Waals surface area (Å²) in [5, 5.41) is 3.77. The van der Waals surface area contributed by atoms with Crippen LogP contribution in [0.3, 0.4) is 0 Å². The first-order chi connectivity index (χ1) is 9.52. The molecule has 1 N–H and O–H groups in total. The van der Waals surface area contributed by atoms with Crippen LogP contribution < -0.4 is 5.32 Å². The fraction of sp³-hybridized carbons (Fsp3) is 0.684. The molecule has 1 fully saturated rings. The van der Waals surface area contributed by atoms with E-state index in [0.717, 1.165) is 12.5 Å². The number of benzene rings is 1. The van der Waals surface area contributed by atoms with E-state index < -0.39 is 0 Å². The highest BCUT2D eigenvalue weighted by atomic mass is 14.9. The molecule has 20 heavy (non-hydrogen) atoms. The van der Waals surface area contributed by atoms with Gasteiger partial charge < -0.3 is 5.32 Å². The van der Waals surface area contributed by atoms with Crippen molar-refractivity contribution in [2.75, 3.05) is 6.54 Å². The summed E-state index contributed by atoms with van der Waals surface area (Å²) in [6, 6.07) is 6.61. The predicted octanol–water partition coefficient (Wildman–Crippen LogP) is 5.00. The van der Waals surface area contributed by atoms with Crippen molar-refractivity contribution in [2.45, 2.75) is 66.3 Å². The first kappa shape index (κ1) is 15.6. The summed E-state index contributed by atoms with van der Waals surface area (Å²) >= 11 is 0. The standard InChI is InChI=1S/C19H31N/c1-15(2)12-19(10-5-6-11-19)14-20-13-18-16(3)8-7-9-17(18)4/h7-9,15,20H,5-6,10-14H2,1-4H3. The molecule has 0 aliphatic heterocycles. The molecule has 1 heteroatoms. The number of aryl methyl sites for hydroxylation is 2. The van der Waals surface area contributed by atoms with Crippen LogP contribution in [0.4, 0.5) is 0 Å². The zero-order valence-electron chi connectivity index (χ0n) is 13.8. The second-order valence-electron chi connectivity index (χ2n) is 7.28. The molecule has 0 aromatic heterocycles. The van der Waals surface area contributed by atoms with Crippen molar-refractivity contribution >= 4 is 0 Å². The monoisotopic (exact) mass is 273 g/mol. The third-order valence-electron chi connectivity index (χ3n) is 4.95. The average Bonchev–Trinajstić information content (AvgIpc) is 2.81. The van der Waals surface area contributed by atoms with E-state index in [2.05, 4.69) is 51.2 Å². The Hall–Kier alpha value is -0.820. The number of rotatable bonds is 6. The molecule has 1 saturated carbocycles. The van der Waals surface area contributed by atoms with Gasteiger partial charge in [0.25, 0.3) is 0 Å². The highest BCUT2D eigenvalue weighted by molar-refractivity contribution is 5.33. The van der Waals surface area contributed by atoms with Crippen LogP contribution in [0.1, 0.15) is 62.6 Å². The van der Waals surface area contributed by atoms with Gasteiger partial charge in [0.15, 0.2) is 0 Å². The Balaban J connectivity index is 1.94. The predicted molar refractivity (Wildman–Crippen MR) is 88.0 cm³/mol. The molecule has 0 heterocycles. The van der Waals surface area contributed by atoms with Crippen LogP contribution in [0, 0.1) is 25.2 Å². The first-order valence-electron chi connectivity index (χ1n) is 8.28. The van der Waals surface area contributed by atoms with Crippen molar-refractivity contribution in [1.82, 2.24) is 5.32 Å². The second kappa shape index (κ2) is 6.76. The molecular weight excluding hydrogens is 242 g/mol. The van der Waals surface area contributed by atoms with Crippen molar-refractivity contribution in [2.24, 2.45) is 11.3 Å². The van der Waals surface area contributed by atoms with Crippen molar-refractivity contribution < 1.29 is 0 Å². The van der Waals surface area contributed by atoms with E-state index in [4.69, 9.17) is 0 Å². The molecular formula is C19H31N. The molecule has 1 aromatic rings. The maximum absolute atomic E-state index is 3.77. The summed E-state index contributed by atoms with van der Waals surface area (Å²) in [5.74, 6) is 0.815. The minimum atomic E-state index is 0.574. The summed E-state index contributed by atoms with van der Waals surface area (Å²) in [6.45, 7) is 11.4. The van der Waals surface area contributed by atoms with Gasteiger partial charge in [0, 0.05) is 13.1 Å². The maximum Gasteiger partial charge on any atom is 0.0210 e. The third-order valence-corrected chi connectivity index (χ3v) is 4.95. The van der Waals surface area contributed by atoms with E-state index in [9.17, 15) is 0 Å². The lowest BCUT2D eigenvalue weighted by Crippen LogP contribution is -2.33. The Bertz CT molecular complexity index is 407. The summed E-state index contributed by atoms with van der Waals surface area (Å²) in [7, 11) is 0. The minimum absolute atomic E-state index is 0.574. The number of nitrogens with one attached hydrogen (secondary N) is 1. The number of hydrogen-bond acceptors (Lipinski definition) is 1. The normalized spacial score (nSPS) is 17.9. The van der Waals surface area contributed by atoms with E-state index in [0.29, 0.717) is 5.41 Å². The molecule has 0 amide bonds. The Morgan fingerprint density at radius 1 is 1.10 bits per heavy atom. The summed E-state index contributed by atoms with van der Waals surface area (Å²) in [6.07, 6.45) is 7.08. The smallest absolute Gasteiger partial charge is 0.0210 e. The molecule has 1 aliphatic carbocycles. The van der Waals surface area contributed by atoms with Crippen LogP contribution >= 0.6 is 0 Å². The summed E-state index contributed by atoms with van der Waals surface area (Å²) in [5.41, 5.74) is 4.90. The maximum atomic E-state index is 3.77. The van der Waals surface area contributed by atoms with Crippen molar-refractivity contribution in [3.63, 3.8) is 0 Å². The van der Waals surface area contributed by atoms with Crippen molar-refractivity contribution in [3.05, 3.63) is 34.9 Å². The van der Waals surface area contributed by atoms with Crippen molar-refractivity contribution in [3.8, 4) is 0 Å². The van der Waals surface area contributed by atoms with Gasteiger partial charge in [0.05, 0.1) is 0 Å². The quantitative estimate of drug-likeness (QED) is 0.769. The minimum Gasteiger partial charge on any atom is -0.312 e. The van der Waals surface area contributed by atoms with Gasteiger partial charge in [0.2, 0.25) is 0 Å². The lowest BCUT2D eigenvalue weighted by Gasteiger charge is -2.31. The molecule has 1 aromatic carbocycles. The van der Waals surface area contributed by atoms with Crippen LogP contribution in [0.25, 0.3) is 0 Å². The van der Waals surface area contributed by atoms with Crippen LogP contribution in [0.5, 0.6) is 0 Å². The Labute approximate surface area is 125 Å². The zero-order valence-corrected chi connectivity index (χ0v) is 13.8. The Kier molecular flexibility index (Phi) is 5.26. The third kappa shape index (κ3) is 3.85.